The van der Waals surface area contributed by atoms with E-state index >= 15 is 0 Å². The highest BCUT2D eigenvalue weighted by atomic mass is 28.4. The van der Waals surface area contributed by atoms with Crippen LogP contribution in [0.2, 0.25) is 37.8 Å². The van der Waals surface area contributed by atoms with Gasteiger partial charge in [0.15, 0.2) is 0 Å². The molecular weight excluding hydrogens is 204 g/mol. The SMILES string of the molecule is CC(C)(C)[Si](C)(C)O/C=C\[Si](C)(C)C. The summed E-state index contributed by atoms with van der Waals surface area (Å²) in [6.45, 7) is 18.3. The van der Waals surface area contributed by atoms with Crippen molar-refractivity contribution in [3.63, 3.8) is 0 Å². The highest BCUT2D eigenvalue weighted by Gasteiger charge is 2.37. The van der Waals surface area contributed by atoms with Gasteiger partial charge < -0.3 is 4.43 Å². The molecule has 0 fully saturated rings. The Bertz CT molecular complexity index is 206. The van der Waals surface area contributed by atoms with E-state index in [0.29, 0.717) is 5.04 Å². The van der Waals surface area contributed by atoms with Crippen LogP contribution in [-0.4, -0.2) is 16.4 Å². The molecule has 0 saturated carbocycles. The molecule has 0 atom stereocenters. The molecule has 0 radical (unpaired) electrons. The quantitative estimate of drug-likeness (QED) is 0.516. The average Bonchev–Trinajstić information content (AvgIpc) is 1.80. The van der Waals surface area contributed by atoms with Crippen molar-refractivity contribution in [1.82, 2.24) is 0 Å². The van der Waals surface area contributed by atoms with Gasteiger partial charge in [-0.15, -0.1) is 0 Å². The molecule has 3 heteroatoms. The zero-order valence-corrected chi connectivity index (χ0v) is 13.1. The van der Waals surface area contributed by atoms with E-state index in [9.17, 15) is 0 Å². The summed E-state index contributed by atoms with van der Waals surface area (Å²) in [6, 6.07) is 0. The van der Waals surface area contributed by atoms with Crippen LogP contribution in [0.15, 0.2) is 12.0 Å². The summed E-state index contributed by atoms with van der Waals surface area (Å²) < 4.78 is 5.96. The zero-order chi connectivity index (χ0) is 11.6. The fraction of sp³-hybridized carbons (Fsp3) is 0.818. The minimum absolute atomic E-state index is 0.302. The molecule has 0 aromatic rings. The van der Waals surface area contributed by atoms with Crippen LogP contribution in [0.3, 0.4) is 0 Å². The molecule has 84 valence electrons. The number of hydrogen-bond acceptors (Lipinski definition) is 1. The Morgan fingerprint density at radius 3 is 1.64 bits per heavy atom. The molecule has 0 aliphatic rings. The molecule has 14 heavy (non-hydrogen) atoms. The van der Waals surface area contributed by atoms with E-state index in [0.717, 1.165) is 0 Å². The van der Waals surface area contributed by atoms with E-state index in [4.69, 9.17) is 4.43 Å². The first-order valence-electron chi connectivity index (χ1n) is 5.31. The van der Waals surface area contributed by atoms with E-state index in [1.165, 1.54) is 0 Å². The van der Waals surface area contributed by atoms with E-state index in [-0.39, 0.29) is 0 Å². The van der Waals surface area contributed by atoms with Gasteiger partial charge in [-0.05, 0) is 18.1 Å². The molecule has 0 unspecified atom stereocenters. The van der Waals surface area contributed by atoms with Crippen LogP contribution in [0.1, 0.15) is 20.8 Å². The first kappa shape index (κ1) is 14.0. The van der Waals surface area contributed by atoms with Gasteiger partial charge in [-0.2, -0.15) is 0 Å². The summed E-state index contributed by atoms with van der Waals surface area (Å²) in [4.78, 5) is 0. The van der Waals surface area contributed by atoms with Crippen LogP contribution in [-0.2, 0) is 4.43 Å². The van der Waals surface area contributed by atoms with E-state index in [1.54, 1.807) is 0 Å². The third kappa shape index (κ3) is 5.00. The highest BCUT2D eigenvalue weighted by molar-refractivity contribution is 6.81. The Kier molecular flexibility index (Phi) is 4.22. The minimum atomic E-state index is -1.57. The Hall–Kier alpha value is -0.0262. The lowest BCUT2D eigenvalue weighted by molar-refractivity contribution is 0.431. The van der Waals surface area contributed by atoms with Crippen molar-refractivity contribution >= 4 is 16.4 Å². The maximum atomic E-state index is 5.96. The van der Waals surface area contributed by atoms with Crippen LogP contribution < -0.4 is 0 Å². The van der Waals surface area contributed by atoms with E-state index in [1.807, 2.05) is 6.26 Å². The lowest BCUT2D eigenvalue weighted by Crippen LogP contribution is -2.39. The molecule has 0 aliphatic heterocycles. The van der Waals surface area contributed by atoms with Gasteiger partial charge in [0.2, 0.25) is 8.32 Å². The first-order chi connectivity index (χ1) is 5.96. The average molecular weight is 230 g/mol. The summed E-state index contributed by atoms with van der Waals surface area (Å²) in [5.41, 5.74) is 2.27. The second-order valence-electron chi connectivity index (χ2n) is 6.55. The Morgan fingerprint density at radius 2 is 1.36 bits per heavy atom. The van der Waals surface area contributed by atoms with E-state index < -0.39 is 16.4 Å². The van der Waals surface area contributed by atoms with Crippen LogP contribution in [0, 0.1) is 0 Å². The van der Waals surface area contributed by atoms with Crippen molar-refractivity contribution in [3.05, 3.63) is 12.0 Å². The Labute approximate surface area is 91.7 Å². The van der Waals surface area contributed by atoms with Gasteiger partial charge in [0.05, 0.1) is 14.3 Å². The fourth-order valence-corrected chi connectivity index (χ4v) is 1.96. The fourth-order valence-electron chi connectivity index (χ4n) is 0.585. The molecule has 0 aromatic heterocycles. The Balaban J connectivity index is 4.34. The topological polar surface area (TPSA) is 9.23 Å². The minimum Gasteiger partial charge on any atom is -0.550 e. The van der Waals surface area contributed by atoms with E-state index in [2.05, 4.69) is 59.2 Å². The maximum Gasteiger partial charge on any atom is 0.249 e. The molecule has 0 bridgehead atoms. The van der Waals surface area contributed by atoms with Crippen LogP contribution in [0.5, 0.6) is 0 Å². The second kappa shape index (κ2) is 4.23. The van der Waals surface area contributed by atoms with Gasteiger partial charge in [0.1, 0.15) is 0 Å². The third-order valence-corrected chi connectivity index (χ3v) is 8.21. The number of hydrogen-bond donors (Lipinski definition) is 0. The van der Waals surface area contributed by atoms with Gasteiger partial charge in [-0.25, -0.2) is 0 Å². The summed E-state index contributed by atoms with van der Waals surface area (Å²) >= 11 is 0. The normalized spacial score (nSPS) is 14.9. The molecule has 0 aromatic carbocycles. The second-order valence-corrected chi connectivity index (χ2v) is 16.4. The van der Waals surface area contributed by atoms with Crippen LogP contribution >= 0.6 is 0 Å². The highest BCUT2D eigenvalue weighted by Crippen LogP contribution is 2.36. The summed E-state index contributed by atoms with van der Waals surface area (Å²) in [7, 11) is -2.67. The van der Waals surface area contributed by atoms with Crippen molar-refractivity contribution in [2.75, 3.05) is 0 Å². The van der Waals surface area contributed by atoms with Crippen LogP contribution in [0.25, 0.3) is 0 Å². The molecular formula is C11H26OSi2. The van der Waals surface area contributed by atoms with Gasteiger partial charge in [-0.3, -0.25) is 0 Å². The molecule has 1 nitrogen and oxygen atoms in total. The number of rotatable bonds is 3. The third-order valence-electron chi connectivity index (χ3n) is 2.74. The zero-order valence-electron chi connectivity index (χ0n) is 11.1. The molecule has 0 spiro atoms. The molecule has 0 heterocycles. The van der Waals surface area contributed by atoms with Gasteiger partial charge >= 0.3 is 0 Å². The predicted molar refractivity (Wildman–Crippen MR) is 70.8 cm³/mol. The van der Waals surface area contributed by atoms with Crippen molar-refractivity contribution in [2.45, 2.75) is 58.5 Å². The smallest absolute Gasteiger partial charge is 0.249 e. The van der Waals surface area contributed by atoms with Crippen molar-refractivity contribution in [2.24, 2.45) is 0 Å². The predicted octanol–water partition coefficient (Wildman–Crippen LogP) is 4.40. The monoisotopic (exact) mass is 230 g/mol. The largest absolute Gasteiger partial charge is 0.550 e. The molecule has 0 saturated heterocycles. The molecule has 0 amide bonds. The van der Waals surface area contributed by atoms with Crippen molar-refractivity contribution in [3.8, 4) is 0 Å². The molecule has 0 N–H and O–H groups in total. The molecule has 0 rings (SSSR count). The standard InChI is InChI=1S/C11H26OSi2/c1-11(2,3)14(7,8)12-9-10-13(4,5)6/h9-10H,1-8H3/b10-9-. The lowest BCUT2D eigenvalue weighted by atomic mass is 10.2. The van der Waals surface area contributed by atoms with Gasteiger partial charge in [-0.1, -0.05) is 46.1 Å². The maximum absolute atomic E-state index is 5.96. The van der Waals surface area contributed by atoms with Crippen molar-refractivity contribution in [1.29, 1.82) is 0 Å². The summed E-state index contributed by atoms with van der Waals surface area (Å²) in [5.74, 6) is 0. The molecule has 0 aliphatic carbocycles. The van der Waals surface area contributed by atoms with Gasteiger partial charge in [0.25, 0.3) is 0 Å². The first-order valence-corrected chi connectivity index (χ1v) is 11.8. The lowest BCUT2D eigenvalue weighted by Gasteiger charge is -2.35. The van der Waals surface area contributed by atoms with Crippen molar-refractivity contribution < 1.29 is 4.43 Å². The van der Waals surface area contributed by atoms with Crippen LogP contribution in [0.4, 0.5) is 0 Å². The summed E-state index contributed by atoms with van der Waals surface area (Å²) in [6.07, 6.45) is 1.96. The van der Waals surface area contributed by atoms with Gasteiger partial charge in [0, 0.05) is 0 Å². The summed E-state index contributed by atoms with van der Waals surface area (Å²) in [5, 5.41) is 0.302. The Morgan fingerprint density at radius 1 is 0.929 bits per heavy atom.